The molecule has 0 aliphatic heterocycles. The molecule has 0 bridgehead atoms. The summed E-state index contributed by atoms with van der Waals surface area (Å²) in [6.07, 6.45) is -0.527. The highest BCUT2D eigenvalue weighted by Crippen LogP contribution is 2.28. The van der Waals surface area contributed by atoms with Crippen molar-refractivity contribution in [3.8, 4) is 5.75 Å². The molecule has 0 saturated carbocycles. The average molecular weight is 694 g/mol. The van der Waals surface area contributed by atoms with Gasteiger partial charge in [-0.2, -0.15) is 0 Å². The predicted octanol–water partition coefficient (Wildman–Crippen LogP) is 5.12. The quantitative estimate of drug-likeness (QED) is 0.174. The van der Waals surface area contributed by atoms with E-state index in [0.717, 1.165) is 5.56 Å². The van der Waals surface area contributed by atoms with Gasteiger partial charge < -0.3 is 35.5 Å². The van der Waals surface area contributed by atoms with Crippen LogP contribution in [0.3, 0.4) is 0 Å². The van der Waals surface area contributed by atoms with Crippen LogP contribution in [0.15, 0.2) is 63.7 Å². The average Bonchev–Trinajstić information content (AvgIpc) is 3.24. The maximum Gasteiger partial charge on any atom is 0.407 e. The van der Waals surface area contributed by atoms with E-state index >= 15 is 0 Å². The maximum atomic E-state index is 13.0. The van der Waals surface area contributed by atoms with Crippen LogP contribution in [0.2, 0.25) is 0 Å². The molecule has 3 aromatic rings. The Hall–Kier alpha value is -3.84. The standard InChI is InChI=1S/C28H30Br2N4O7/c1-28(2,3)41-27(39)31-11-12-40-22-14-17(9-10-19(22)33-25(36)20-15-18(29)23(30)32-20)24(35)34-21(26(37)38)13-16-7-5-4-6-8-16/h4-10,14-15,21,32H,11-13H2,1-3H3,(H,31,39)(H,33,36)(H,34,35)(H,37,38)/t21-/m0/s1. The summed E-state index contributed by atoms with van der Waals surface area (Å²) in [5, 5.41) is 17.5. The van der Waals surface area contributed by atoms with Crippen molar-refractivity contribution in [3.63, 3.8) is 0 Å². The number of nitrogens with one attached hydrogen (secondary N) is 4. The lowest BCUT2D eigenvalue weighted by Gasteiger charge is -2.20. The third-order valence-electron chi connectivity index (χ3n) is 5.38. The van der Waals surface area contributed by atoms with Gasteiger partial charge in [0.15, 0.2) is 0 Å². The van der Waals surface area contributed by atoms with Crippen molar-refractivity contribution in [1.29, 1.82) is 0 Å². The minimum atomic E-state index is -1.18. The van der Waals surface area contributed by atoms with E-state index in [1.807, 2.05) is 6.07 Å². The molecule has 1 atom stereocenters. The van der Waals surface area contributed by atoms with Crippen LogP contribution in [0.4, 0.5) is 10.5 Å². The first kappa shape index (κ1) is 31.7. The predicted molar refractivity (Wildman–Crippen MR) is 159 cm³/mol. The van der Waals surface area contributed by atoms with Gasteiger partial charge in [0.1, 0.15) is 29.7 Å². The number of ether oxygens (including phenoxy) is 2. The monoisotopic (exact) mass is 692 g/mol. The molecule has 3 amide bonds. The Bertz CT molecular complexity index is 1380. The molecular weight excluding hydrogens is 664 g/mol. The Kier molecular flexibility index (Phi) is 11.0. The summed E-state index contributed by atoms with van der Waals surface area (Å²) in [7, 11) is 0. The van der Waals surface area contributed by atoms with Crippen LogP contribution in [0.1, 0.15) is 47.2 Å². The van der Waals surface area contributed by atoms with Gasteiger partial charge in [0.2, 0.25) is 0 Å². The molecule has 0 spiro atoms. The topological polar surface area (TPSA) is 159 Å². The zero-order valence-corrected chi connectivity index (χ0v) is 25.7. The number of carboxylic acid groups (broad SMARTS) is 1. The molecule has 5 N–H and O–H groups in total. The van der Waals surface area contributed by atoms with E-state index in [1.54, 1.807) is 51.1 Å². The summed E-state index contributed by atoms with van der Waals surface area (Å²) >= 11 is 6.61. The number of hydrogen-bond acceptors (Lipinski definition) is 6. The Morgan fingerprint density at radius 3 is 2.32 bits per heavy atom. The van der Waals surface area contributed by atoms with Gasteiger partial charge in [-0.15, -0.1) is 0 Å². The van der Waals surface area contributed by atoms with Crippen LogP contribution in [0, 0.1) is 0 Å². The molecule has 0 aliphatic carbocycles. The van der Waals surface area contributed by atoms with Crippen molar-refractivity contribution in [2.24, 2.45) is 0 Å². The molecule has 13 heteroatoms. The molecule has 218 valence electrons. The van der Waals surface area contributed by atoms with Gasteiger partial charge in [0.25, 0.3) is 11.8 Å². The Labute approximate surface area is 253 Å². The number of halogens is 2. The second-order valence-corrected chi connectivity index (χ2v) is 11.5. The molecule has 0 radical (unpaired) electrons. The number of rotatable bonds is 11. The van der Waals surface area contributed by atoms with Crippen LogP contribution in [-0.2, 0) is 16.0 Å². The number of aliphatic carboxylic acids is 1. The number of hydrogen-bond donors (Lipinski definition) is 5. The number of benzene rings is 2. The Morgan fingerprint density at radius 2 is 1.71 bits per heavy atom. The van der Waals surface area contributed by atoms with Gasteiger partial charge in [-0.1, -0.05) is 30.3 Å². The van der Waals surface area contributed by atoms with Crippen LogP contribution in [-0.4, -0.2) is 58.8 Å². The number of amides is 3. The first-order valence-corrected chi connectivity index (χ1v) is 14.1. The SMILES string of the molecule is CC(C)(C)OC(=O)NCCOc1cc(C(=O)N[C@@H](Cc2ccccc2)C(=O)O)ccc1NC(=O)c1cc(Br)c(Br)[nH]1. The number of aromatic nitrogens is 1. The molecule has 11 nitrogen and oxygen atoms in total. The lowest BCUT2D eigenvalue weighted by molar-refractivity contribution is -0.139. The first-order valence-electron chi connectivity index (χ1n) is 12.5. The van der Waals surface area contributed by atoms with E-state index in [4.69, 9.17) is 9.47 Å². The largest absolute Gasteiger partial charge is 0.490 e. The van der Waals surface area contributed by atoms with E-state index in [9.17, 15) is 24.3 Å². The van der Waals surface area contributed by atoms with Crippen molar-refractivity contribution in [2.75, 3.05) is 18.5 Å². The lowest BCUT2D eigenvalue weighted by Crippen LogP contribution is -2.42. The second-order valence-electron chi connectivity index (χ2n) is 9.84. The number of aromatic amines is 1. The fourth-order valence-electron chi connectivity index (χ4n) is 3.52. The Morgan fingerprint density at radius 1 is 1.00 bits per heavy atom. The van der Waals surface area contributed by atoms with E-state index in [0.29, 0.717) is 9.08 Å². The third-order valence-corrected chi connectivity index (χ3v) is 7.16. The normalized spacial score (nSPS) is 11.7. The molecule has 2 aromatic carbocycles. The minimum absolute atomic E-state index is 0.0153. The molecule has 0 fully saturated rings. The summed E-state index contributed by atoms with van der Waals surface area (Å²) in [5.41, 5.74) is 0.711. The van der Waals surface area contributed by atoms with Crippen LogP contribution < -0.4 is 20.7 Å². The number of anilines is 1. The number of alkyl carbamates (subject to hydrolysis) is 1. The van der Waals surface area contributed by atoms with Crippen LogP contribution in [0.5, 0.6) is 5.75 Å². The summed E-state index contributed by atoms with van der Waals surface area (Å²) in [5.74, 6) is -2.16. The number of H-pyrrole nitrogens is 1. The lowest BCUT2D eigenvalue weighted by atomic mass is 10.1. The smallest absolute Gasteiger partial charge is 0.407 e. The van der Waals surface area contributed by atoms with Crippen molar-refractivity contribution in [3.05, 3.63) is 80.5 Å². The van der Waals surface area contributed by atoms with Gasteiger partial charge in [0.05, 0.1) is 21.3 Å². The minimum Gasteiger partial charge on any atom is -0.490 e. The van der Waals surface area contributed by atoms with Gasteiger partial charge in [0, 0.05) is 12.0 Å². The second kappa shape index (κ2) is 14.2. The maximum absolute atomic E-state index is 13.0. The molecule has 0 aliphatic rings. The van der Waals surface area contributed by atoms with Gasteiger partial charge in [-0.25, -0.2) is 9.59 Å². The summed E-state index contributed by atoms with van der Waals surface area (Å²) in [4.78, 5) is 52.6. The van der Waals surface area contributed by atoms with Crippen molar-refractivity contribution in [1.82, 2.24) is 15.6 Å². The molecule has 3 rings (SSSR count). The first-order chi connectivity index (χ1) is 19.3. The van der Waals surface area contributed by atoms with Crippen LogP contribution in [0.25, 0.3) is 0 Å². The summed E-state index contributed by atoms with van der Waals surface area (Å²) < 4.78 is 12.3. The van der Waals surface area contributed by atoms with E-state index in [1.165, 1.54) is 18.2 Å². The zero-order valence-electron chi connectivity index (χ0n) is 22.5. The van der Waals surface area contributed by atoms with Gasteiger partial charge in [-0.3, -0.25) is 9.59 Å². The third kappa shape index (κ3) is 9.94. The molecule has 1 aromatic heterocycles. The molecule has 0 saturated heterocycles. The van der Waals surface area contributed by atoms with Gasteiger partial charge in [-0.05, 0) is 82.5 Å². The highest BCUT2D eigenvalue weighted by atomic mass is 79.9. The molecule has 1 heterocycles. The number of carbonyl (C=O) groups is 4. The number of carboxylic acids is 1. The van der Waals surface area contributed by atoms with Crippen molar-refractivity contribution >= 4 is 61.4 Å². The highest BCUT2D eigenvalue weighted by molar-refractivity contribution is 9.13. The Balaban J connectivity index is 1.77. The van der Waals surface area contributed by atoms with Crippen LogP contribution >= 0.6 is 31.9 Å². The van der Waals surface area contributed by atoms with Crippen molar-refractivity contribution < 1.29 is 33.8 Å². The molecule has 0 unspecified atom stereocenters. The summed E-state index contributed by atoms with van der Waals surface area (Å²) in [6, 6.07) is 13.7. The zero-order chi connectivity index (χ0) is 30.2. The van der Waals surface area contributed by atoms with E-state index < -0.39 is 35.5 Å². The molecular formula is C28H30Br2N4O7. The fourth-order valence-corrected chi connectivity index (χ4v) is 4.18. The summed E-state index contributed by atoms with van der Waals surface area (Å²) in [6.45, 7) is 5.28. The fraction of sp³-hybridized carbons (Fsp3) is 0.286. The van der Waals surface area contributed by atoms with Crippen molar-refractivity contribution in [2.45, 2.75) is 38.8 Å². The highest BCUT2D eigenvalue weighted by Gasteiger charge is 2.23. The molecule has 41 heavy (non-hydrogen) atoms. The van der Waals surface area contributed by atoms with E-state index in [2.05, 4.69) is 52.8 Å². The van der Waals surface area contributed by atoms with E-state index in [-0.39, 0.29) is 42.3 Å². The number of carbonyl (C=O) groups excluding carboxylic acids is 3. The van der Waals surface area contributed by atoms with Gasteiger partial charge >= 0.3 is 12.1 Å².